The Labute approximate surface area is 200 Å². The molecule has 0 spiro atoms. The molecular formula is C24H14BrN3O4S. The molecule has 33 heavy (non-hydrogen) atoms. The van der Waals surface area contributed by atoms with E-state index in [4.69, 9.17) is 9.40 Å². The standard InChI is InChI=1S/C24H14BrN3O4S/c25-15-8-9-18(17(13-15)24-27-19-6-1-2-7-22(19)33-24)26-23(29)21-11-10-20(32-21)14-4-3-5-16(12-14)28(30)31/h1-13H,(H,26,29). The van der Waals surface area contributed by atoms with Crippen molar-refractivity contribution in [1.82, 2.24) is 4.98 Å². The molecule has 0 aliphatic heterocycles. The van der Waals surface area contributed by atoms with Gasteiger partial charge in [-0.25, -0.2) is 4.98 Å². The fourth-order valence-corrected chi connectivity index (χ4v) is 4.72. The Morgan fingerprint density at radius 2 is 1.88 bits per heavy atom. The number of non-ortho nitro benzene ring substituents is 1. The number of amides is 1. The Bertz CT molecular complexity index is 1490. The highest BCUT2D eigenvalue weighted by atomic mass is 79.9. The largest absolute Gasteiger partial charge is 0.451 e. The van der Waals surface area contributed by atoms with E-state index in [2.05, 4.69) is 21.2 Å². The number of hydrogen-bond donors (Lipinski definition) is 1. The van der Waals surface area contributed by atoms with E-state index in [0.29, 0.717) is 17.0 Å². The Morgan fingerprint density at radius 3 is 2.70 bits per heavy atom. The van der Waals surface area contributed by atoms with Crippen molar-refractivity contribution in [3.63, 3.8) is 0 Å². The first-order valence-electron chi connectivity index (χ1n) is 9.79. The van der Waals surface area contributed by atoms with E-state index < -0.39 is 10.8 Å². The second-order valence-electron chi connectivity index (χ2n) is 7.10. The molecule has 3 aromatic carbocycles. The molecule has 2 heterocycles. The number of nitro groups is 1. The highest BCUT2D eigenvalue weighted by molar-refractivity contribution is 9.10. The van der Waals surface area contributed by atoms with Crippen LogP contribution in [0.1, 0.15) is 10.6 Å². The van der Waals surface area contributed by atoms with E-state index in [1.54, 1.807) is 30.3 Å². The normalized spacial score (nSPS) is 10.9. The molecule has 5 rings (SSSR count). The molecule has 2 aromatic heterocycles. The zero-order valence-electron chi connectivity index (χ0n) is 16.8. The molecule has 0 saturated heterocycles. The van der Waals surface area contributed by atoms with Crippen LogP contribution in [-0.4, -0.2) is 15.8 Å². The number of nitrogens with one attached hydrogen (secondary N) is 1. The molecule has 1 amide bonds. The zero-order chi connectivity index (χ0) is 22.9. The number of furan rings is 1. The lowest BCUT2D eigenvalue weighted by Gasteiger charge is -2.09. The van der Waals surface area contributed by atoms with Crippen LogP contribution in [0.15, 0.2) is 87.8 Å². The van der Waals surface area contributed by atoms with Crippen LogP contribution in [-0.2, 0) is 0 Å². The van der Waals surface area contributed by atoms with Gasteiger partial charge in [0.25, 0.3) is 11.6 Å². The topological polar surface area (TPSA) is 98.3 Å². The Morgan fingerprint density at radius 1 is 1.03 bits per heavy atom. The molecule has 0 aliphatic carbocycles. The molecule has 0 unspecified atom stereocenters. The van der Waals surface area contributed by atoms with Gasteiger partial charge in [-0.1, -0.05) is 40.2 Å². The van der Waals surface area contributed by atoms with Crippen LogP contribution in [0.5, 0.6) is 0 Å². The minimum Gasteiger partial charge on any atom is -0.451 e. The Balaban J connectivity index is 1.44. The number of carbonyl (C=O) groups is 1. The number of nitro benzene ring substituents is 1. The second-order valence-corrected chi connectivity index (χ2v) is 9.05. The summed E-state index contributed by atoms with van der Waals surface area (Å²) >= 11 is 5.03. The Kier molecular flexibility index (Phi) is 5.49. The van der Waals surface area contributed by atoms with E-state index in [1.165, 1.54) is 23.5 Å². The van der Waals surface area contributed by atoms with E-state index in [0.717, 1.165) is 25.3 Å². The number of halogens is 1. The summed E-state index contributed by atoms with van der Waals surface area (Å²) in [5, 5.41) is 14.7. The first kappa shape index (κ1) is 21.0. The molecule has 0 aliphatic rings. The predicted octanol–water partition coefficient (Wildman–Crippen LogP) is 7.15. The number of rotatable bonds is 5. The van der Waals surface area contributed by atoms with E-state index in [1.807, 2.05) is 36.4 Å². The summed E-state index contributed by atoms with van der Waals surface area (Å²) in [7, 11) is 0. The van der Waals surface area contributed by atoms with Gasteiger partial charge < -0.3 is 9.73 Å². The third-order valence-corrected chi connectivity index (χ3v) is 6.49. The molecule has 7 nitrogen and oxygen atoms in total. The monoisotopic (exact) mass is 519 g/mol. The summed E-state index contributed by atoms with van der Waals surface area (Å²) in [6.07, 6.45) is 0. The summed E-state index contributed by atoms with van der Waals surface area (Å²) < 4.78 is 7.61. The van der Waals surface area contributed by atoms with Gasteiger partial charge in [0.2, 0.25) is 0 Å². The lowest BCUT2D eigenvalue weighted by Crippen LogP contribution is -2.11. The van der Waals surface area contributed by atoms with Crippen LogP contribution >= 0.6 is 27.3 Å². The summed E-state index contributed by atoms with van der Waals surface area (Å²) in [5.41, 5.74) is 2.73. The van der Waals surface area contributed by atoms with Crippen molar-refractivity contribution in [2.45, 2.75) is 0 Å². The maximum atomic E-state index is 12.9. The van der Waals surface area contributed by atoms with Crippen molar-refractivity contribution in [2.24, 2.45) is 0 Å². The fourth-order valence-electron chi connectivity index (χ4n) is 3.36. The molecule has 1 N–H and O–H groups in total. The van der Waals surface area contributed by atoms with E-state index >= 15 is 0 Å². The summed E-state index contributed by atoms with van der Waals surface area (Å²) in [5.74, 6) is 0.0251. The summed E-state index contributed by atoms with van der Waals surface area (Å²) in [6.45, 7) is 0. The second kappa shape index (κ2) is 8.61. The van der Waals surface area contributed by atoms with Crippen LogP contribution in [0.4, 0.5) is 11.4 Å². The van der Waals surface area contributed by atoms with Crippen molar-refractivity contribution in [2.75, 3.05) is 5.32 Å². The third kappa shape index (κ3) is 4.28. The summed E-state index contributed by atoms with van der Waals surface area (Å²) in [4.78, 5) is 28.2. The fraction of sp³-hybridized carbons (Fsp3) is 0. The molecule has 0 radical (unpaired) electrons. The maximum Gasteiger partial charge on any atom is 0.291 e. The number of fused-ring (bicyclic) bond motifs is 1. The molecule has 0 saturated carbocycles. The van der Waals surface area contributed by atoms with Crippen molar-refractivity contribution in [1.29, 1.82) is 0 Å². The SMILES string of the molecule is O=C(Nc1ccc(Br)cc1-c1nc2ccccc2s1)c1ccc(-c2cccc([N+](=O)[O-])c2)o1. The number of anilines is 1. The van der Waals surface area contributed by atoms with Gasteiger partial charge in [0, 0.05) is 27.7 Å². The molecular weight excluding hydrogens is 506 g/mol. The molecule has 5 aromatic rings. The maximum absolute atomic E-state index is 12.9. The van der Waals surface area contributed by atoms with Crippen molar-refractivity contribution < 1.29 is 14.1 Å². The summed E-state index contributed by atoms with van der Waals surface area (Å²) in [6, 6.07) is 22.6. The quantitative estimate of drug-likeness (QED) is 0.196. The third-order valence-electron chi connectivity index (χ3n) is 4.93. The molecule has 9 heteroatoms. The van der Waals surface area contributed by atoms with Crippen LogP contribution in [0, 0.1) is 10.1 Å². The smallest absolute Gasteiger partial charge is 0.291 e. The zero-order valence-corrected chi connectivity index (χ0v) is 19.2. The van der Waals surface area contributed by atoms with Gasteiger partial charge in [-0.05, 0) is 42.5 Å². The van der Waals surface area contributed by atoms with Gasteiger partial charge in [0.1, 0.15) is 10.8 Å². The van der Waals surface area contributed by atoms with Gasteiger partial charge in [0.15, 0.2) is 5.76 Å². The number of aromatic nitrogens is 1. The molecule has 162 valence electrons. The lowest BCUT2D eigenvalue weighted by atomic mass is 10.1. The van der Waals surface area contributed by atoms with Crippen molar-refractivity contribution >= 4 is 54.8 Å². The van der Waals surface area contributed by atoms with Crippen LogP contribution in [0.3, 0.4) is 0 Å². The average Bonchev–Trinajstić information content (AvgIpc) is 3.48. The lowest BCUT2D eigenvalue weighted by molar-refractivity contribution is -0.384. The minimum absolute atomic E-state index is 0.0507. The predicted molar refractivity (Wildman–Crippen MR) is 132 cm³/mol. The first-order chi connectivity index (χ1) is 16.0. The number of nitrogens with zero attached hydrogens (tertiary/aromatic N) is 2. The van der Waals surface area contributed by atoms with E-state index in [-0.39, 0.29) is 11.4 Å². The highest BCUT2D eigenvalue weighted by Gasteiger charge is 2.18. The highest BCUT2D eigenvalue weighted by Crippen LogP contribution is 2.36. The minimum atomic E-state index is -0.475. The van der Waals surface area contributed by atoms with Gasteiger partial charge in [0.05, 0.1) is 20.8 Å². The number of carbonyl (C=O) groups excluding carboxylic acids is 1. The average molecular weight is 520 g/mol. The molecule has 0 bridgehead atoms. The van der Waals surface area contributed by atoms with Gasteiger partial charge in [-0.3, -0.25) is 14.9 Å². The van der Waals surface area contributed by atoms with Gasteiger partial charge in [-0.2, -0.15) is 0 Å². The molecule has 0 fully saturated rings. The van der Waals surface area contributed by atoms with Crippen LogP contribution in [0.25, 0.3) is 32.1 Å². The number of para-hydroxylation sites is 1. The van der Waals surface area contributed by atoms with Gasteiger partial charge in [-0.15, -0.1) is 11.3 Å². The molecule has 0 atom stereocenters. The van der Waals surface area contributed by atoms with Crippen LogP contribution < -0.4 is 5.32 Å². The number of benzene rings is 3. The van der Waals surface area contributed by atoms with Crippen LogP contribution in [0.2, 0.25) is 0 Å². The number of thiazole rings is 1. The van der Waals surface area contributed by atoms with Gasteiger partial charge >= 0.3 is 0 Å². The van der Waals surface area contributed by atoms with E-state index in [9.17, 15) is 14.9 Å². The first-order valence-corrected chi connectivity index (χ1v) is 11.4. The Hall–Kier alpha value is -3.82. The van der Waals surface area contributed by atoms with Crippen molar-refractivity contribution in [3.8, 4) is 21.9 Å². The number of hydrogen-bond acceptors (Lipinski definition) is 6. The van der Waals surface area contributed by atoms with Crippen molar-refractivity contribution in [3.05, 3.63) is 99.2 Å².